The number of carboxylic acids is 1. The summed E-state index contributed by atoms with van der Waals surface area (Å²) in [5.41, 5.74) is 2.89. The number of hydrogen-bond donors (Lipinski definition) is 2. The Hall–Kier alpha value is -3.99. The summed E-state index contributed by atoms with van der Waals surface area (Å²) in [4.78, 5) is 27.8. The molecular formula is C23H16N2O3. The number of hydrogen-bond acceptors (Lipinski definition) is 3. The van der Waals surface area contributed by atoms with Crippen LogP contribution in [-0.2, 0) is 0 Å². The highest BCUT2D eigenvalue weighted by atomic mass is 16.4. The molecule has 5 heteroatoms. The number of aromatic carboxylic acids is 1. The van der Waals surface area contributed by atoms with Crippen molar-refractivity contribution in [1.29, 1.82) is 0 Å². The second-order valence-electron chi connectivity index (χ2n) is 6.33. The summed E-state index contributed by atoms with van der Waals surface area (Å²) in [5, 5.41) is 13.9. The number of nitrogens with one attached hydrogen (secondary N) is 1. The maximum atomic E-state index is 12.5. The molecular weight excluding hydrogens is 352 g/mol. The fourth-order valence-corrected chi connectivity index (χ4v) is 2.96. The summed E-state index contributed by atoms with van der Waals surface area (Å²) in [7, 11) is 0. The van der Waals surface area contributed by atoms with Crippen molar-refractivity contribution < 1.29 is 14.7 Å². The number of anilines is 1. The Labute approximate surface area is 161 Å². The van der Waals surface area contributed by atoms with E-state index >= 15 is 0 Å². The fraction of sp³-hybridized carbons (Fsp3) is 0. The number of carbonyl (C=O) groups is 2. The number of nitrogens with zero attached hydrogens (tertiary/aromatic N) is 1. The molecule has 0 saturated carbocycles. The summed E-state index contributed by atoms with van der Waals surface area (Å²) in [6, 6.07) is 23.5. The van der Waals surface area contributed by atoms with E-state index < -0.39 is 5.97 Å². The predicted molar refractivity (Wildman–Crippen MR) is 109 cm³/mol. The van der Waals surface area contributed by atoms with E-state index in [-0.39, 0.29) is 11.5 Å². The van der Waals surface area contributed by atoms with E-state index in [2.05, 4.69) is 10.3 Å². The van der Waals surface area contributed by atoms with Crippen LogP contribution in [0.3, 0.4) is 0 Å². The number of amides is 1. The number of fused-ring (bicyclic) bond motifs is 1. The van der Waals surface area contributed by atoms with Gasteiger partial charge in [-0.2, -0.15) is 0 Å². The van der Waals surface area contributed by atoms with E-state index in [1.807, 2.05) is 36.4 Å². The highest BCUT2D eigenvalue weighted by Crippen LogP contribution is 2.20. The summed E-state index contributed by atoms with van der Waals surface area (Å²) < 4.78 is 0. The Morgan fingerprint density at radius 2 is 1.50 bits per heavy atom. The van der Waals surface area contributed by atoms with Crippen molar-refractivity contribution in [3.8, 4) is 11.3 Å². The Bertz CT molecular complexity index is 1170. The van der Waals surface area contributed by atoms with Crippen LogP contribution >= 0.6 is 0 Å². The Balaban J connectivity index is 1.50. The van der Waals surface area contributed by atoms with Gasteiger partial charge in [0, 0.05) is 11.1 Å². The van der Waals surface area contributed by atoms with Crippen LogP contribution < -0.4 is 5.32 Å². The SMILES string of the molecule is O=C(O)c1ccc(-c2ccc(NC(=O)c3ccc4ccccc4c3)cn2)cc1. The lowest BCUT2D eigenvalue weighted by molar-refractivity contribution is 0.0696. The summed E-state index contributed by atoms with van der Waals surface area (Å²) in [6.45, 7) is 0. The first kappa shape index (κ1) is 17.4. The van der Waals surface area contributed by atoms with Crippen LogP contribution in [0.4, 0.5) is 5.69 Å². The molecule has 0 radical (unpaired) electrons. The van der Waals surface area contributed by atoms with Crippen molar-refractivity contribution in [1.82, 2.24) is 4.98 Å². The lowest BCUT2D eigenvalue weighted by atomic mass is 10.1. The molecule has 1 aromatic heterocycles. The average molecular weight is 368 g/mol. The summed E-state index contributed by atoms with van der Waals surface area (Å²) in [5.74, 6) is -1.17. The van der Waals surface area contributed by atoms with Crippen LogP contribution in [0.5, 0.6) is 0 Å². The van der Waals surface area contributed by atoms with Gasteiger partial charge in [-0.25, -0.2) is 4.79 Å². The van der Waals surface area contributed by atoms with Gasteiger partial charge in [-0.3, -0.25) is 9.78 Å². The predicted octanol–water partition coefficient (Wildman–Crippen LogP) is 4.85. The molecule has 0 saturated heterocycles. The van der Waals surface area contributed by atoms with Crippen LogP contribution in [0, 0.1) is 0 Å². The number of benzene rings is 3. The first-order chi connectivity index (χ1) is 13.6. The number of rotatable bonds is 4. The third-order valence-corrected chi connectivity index (χ3v) is 4.46. The van der Waals surface area contributed by atoms with Gasteiger partial charge in [-0.05, 0) is 47.2 Å². The van der Waals surface area contributed by atoms with Crippen LogP contribution in [0.15, 0.2) is 85.1 Å². The zero-order chi connectivity index (χ0) is 19.5. The average Bonchev–Trinajstić information content (AvgIpc) is 2.74. The molecule has 136 valence electrons. The Morgan fingerprint density at radius 1 is 0.786 bits per heavy atom. The number of carboxylic acid groups (broad SMARTS) is 1. The molecule has 0 spiro atoms. The molecule has 5 nitrogen and oxygen atoms in total. The minimum Gasteiger partial charge on any atom is -0.478 e. The minimum absolute atomic E-state index is 0.203. The van der Waals surface area contributed by atoms with E-state index in [0.29, 0.717) is 16.9 Å². The van der Waals surface area contributed by atoms with Crippen molar-refractivity contribution in [2.24, 2.45) is 0 Å². The molecule has 4 rings (SSSR count). The fourth-order valence-electron chi connectivity index (χ4n) is 2.96. The third-order valence-electron chi connectivity index (χ3n) is 4.46. The molecule has 0 bridgehead atoms. The van der Waals surface area contributed by atoms with Gasteiger partial charge in [0.05, 0.1) is 23.1 Å². The molecule has 3 aromatic carbocycles. The van der Waals surface area contributed by atoms with Gasteiger partial charge in [0.25, 0.3) is 5.91 Å². The van der Waals surface area contributed by atoms with Gasteiger partial charge in [0.1, 0.15) is 0 Å². The van der Waals surface area contributed by atoms with Gasteiger partial charge in [-0.1, -0.05) is 42.5 Å². The van der Waals surface area contributed by atoms with Gasteiger partial charge < -0.3 is 10.4 Å². The number of aromatic nitrogens is 1. The zero-order valence-electron chi connectivity index (χ0n) is 14.8. The smallest absolute Gasteiger partial charge is 0.335 e. The summed E-state index contributed by atoms with van der Waals surface area (Å²) >= 11 is 0. The third kappa shape index (κ3) is 3.59. The minimum atomic E-state index is -0.966. The second-order valence-corrected chi connectivity index (χ2v) is 6.33. The van der Waals surface area contributed by atoms with E-state index in [4.69, 9.17) is 5.11 Å². The maximum absolute atomic E-state index is 12.5. The van der Waals surface area contributed by atoms with Gasteiger partial charge >= 0.3 is 5.97 Å². The zero-order valence-corrected chi connectivity index (χ0v) is 14.8. The van der Waals surface area contributed by atoms with E-state index in [1.165, 1.54) is 12.1 Å². The number of carbonyl (C=O) groups excluding carboxylic acids is 1. The topological polar surface area (TPSA) is 79.3 Å². The molecule has 0 atom stereocenters. The first-order valence-corrected chi connectivity index (χ1v) is 8.70. The maximum Gasteiger partial charge on any atom is 0.335 e. The van der Waals surface area contributed by atoms with Crippen LogP contribution in [-0.4, -0.2) is 22.0 Å². The van der Waals surface area contributed by atoms with E-state index in [1.54, 1.807) is 36.5 Å². The van der Waals surface area contributed by atoms with Crippen molar-refractivity contribution >= 4 is 28.3 Å². The van der Waals surface area contributed by atoms with E-state index in [9.17, 15) is 9.59 Å². The normalized spacial score (nSPS) is 10.6. The van der Waals surface area contributed by atoms with E-state index in [0.717, 1.165) is 16.3 Å². The summed E-state index contributed by atoms with van der Waals surface area (Å²) in [6.07, 6.45) is 1.58. The largest absolute Gasteiger partial charge is 0.478 e. The number of pyridine rings is 1. The van der Waals surface area contributed by atoms with Crippen LogP contribution in [0.1, 0.15) is 20.7 Å². The highest BCUT2D eigenvalue weighted by molar-refractivity contribution is 6.06. The van der Waals surface area contributed by atoms with Crippen molar-refractivity contribution in [3.63, 3.8) is 0 Å². The molecule has 0 aliphatic carbocycles. The molecule has 1 amide bonds. The Morgan fingerprint density at radius 3 is 2.18 bits per heavy atom. The molecule has 1 heterocycles. The van der Waals surface area contributed by atoms with Crippen LogP contribution in [0.25, 0.3) is 22.0 Å². The van der Waals surface area contributed by atoms with Crippen molar-refractivity contribution in [3.05, 3.63) is 96.2 Å². The molecule has 28 heavy (non-hydrogen) atoms. The van der Waals surface area contributed by atoms with Gasteiger partial charge in [0.15, 0.2) is 0 Å². The highest BCUT2D eigenvalue weighted by Gasteiger charge is 2.08. The van der Waals surface area contributed by atoms with Crippen molar-refractivity contribution in [2.45, 2.75) is 0 Å². The molecule has 0 aliphatic rings. The molecule has 0 aliphatic heterocycles. The van der Waals surface area contributed by atoms with Gasteiger partial charge in [-0.15, -0.1) is 0 Å². The second kappa shape index (κ2) is 7.32. The molecule has 0 unspecified atom stereocenters. The molecule has 4 aromatic rings. The Kier molecular flexibility index (Phi) is 4.56. The molecule has 0 fully saturated rings. The van der Waals surface area contributed by atoms with Crippen LogP contribution in [0.2, 0.25) is 0 Å². The van der Waals surface area contributed by atoms with Crippen molar-refractivity contribution in [2.75, 3.05) is 5.32 Å². The van der Waals surface area contributed by atoms with Gasteiger partial charge in [0.2, 0.25) is 0 Å². The first-order valence-electron chi connectivity index (χ1n) is 8.70. The lowest BCUT2D eigenvalue weighted by Gasteiger charge is -2.07. The quantitative estimate of drug-likeness (QED) is 0.539. The standard InChI is InChI=1S/C23H16N2O3/c26-22(19-10-5-15-3-1-2-4-18(15)13-19)25-20-11-12-21(24-14-20)16-6-8-17(9-7-16)23(27)28/h1-14H,(H,25,26)(H,27,28). The molecule has 2 N–H and O–H groups in total. The monoisotopic (exact) mass is 368 g/mol. The lowest BCUT2D eigenvalue weighted by Crippen LogP contribution is -2.11.